The number of fused-ring (bicyclic) bond motifs is 1. The summed E-state index contributed by atoms with van der Waals surface area (Å²) in [5.74, 6) is -1.93. The van der Waals surface area contributed by atoms with Gasteiger partial charge in [0, 0.05) is 37.2 Å². The molecule has 1 saturated heterocycles. The van der Waals surface area contributed by atoms with Crippen molar-refractivity contribution in [3.8, 4) is 16.9 Å². The van der Waals surface area contributed by atoms with Gasteiger partial charge in [-0.05, 0) is 41.5 Å². The zero-order chi connectivity index (χ0) is 27.9. The van der Waals surface area contributed by atoms with E-state index in [1.165, 1.54) is 16.7 Å². The van der Waals surface area contributed by atoms with Gasteiger partial charge in [-0.3, -0.25) is 19.3 Å². The first-order valence-electron chi connectivity index (χ1n) is 12.0. The molecule has 0 unspecified atom stereocenters. The summed E-state index contributed by atoms with van der Waals surface area (Å²) in [6.45, 7) is 1.37. The molecular weight excluding hydrogens is 534 g/mol. The summed E-state index contributed by atoms with van der Waals surface area (Å²) in [4.78, 5) is 34.9. The van der Waals surface area contributed by atoms with Crippen LogP contribution in [-0.4, -0.2) is 53.6 Å². The Bertz CT molecular complexity index is 1580. The van der Waals surface area contributed by atoms with Crippen molar-refractivity contribution in [3.05, 3.63) is 89.5 Å². The lowest BCUT2D eigenvalue weighted by Gasteiger charge is -2.13. The van der Waals surface area contributed by atoms with E-state index < -0.39 is 11.9 Å². The lowest BCUT2D eigenvalue weighted by molar-refractivity contribution is -0.137. The van der Waals surface area contributed by atoms with Crippen LogP contribution in [0, 0.1) is 0 Å². The molecule has 10 heteroatoms. The number of carbonyl (C=O) groups is 3. The number of hydrogen-bond acceptors (Lipinski definition) is 6. The number of aliphatic carboxylic acids is 2. The molecule has 0 aliphatic carbocycles. The van der Waals surface area contributed by atoms with Crippen molar-refractivity contribution in [2.24, 2.45) is 0 Å². The molecule has 39 heavy (non-hydrogen) atoms. The number of hydrogen-bond donors (Lipinski definition) is 2. The first-order valence-corrected chi connectivity index (χ1v) is 13.3. The SMILES string of the molecule is CC(=O)O.O=C(O)CCCN1C(=O)/C(=C/c2cn(-c3ccccc3)nc2-c2ccc3ccccc3c2)SC1=S. The van der Waals surface area contributed by atoms with Gasteiger partial charge in [0.2, 0.25) is 0 Å². The lowest BCUT2D eigenvalue weighted by atomic mass is 10.0. The predicted octanol–water partition coefficient (Wildman–Crippen LogP) is 5.85. The number of aromatic nitrogens is 2. The summed E-state index contributed by atoms with van der Waals surface area (Å²) in [5, 5.41) is 23.4. The Labute approximate surface area is 234 Å². The number of benzene rings is 3. The minimum atomic E-state index is -0.890. The average Bonchev–Trinajstić information content (AvgIpc) is 3.45. The van der Waals surface area contributed by atoms with E-state index in [0.29, 0.717) is 15.6 Å². The van der Waals surface area contributed by atoms with Crippen LogP contribution >= 0.6 is 24.0 Å². The standard InChI is InChI=1S/C27H21N3O3S2.C2H4O2/c31-24(32)11-6-14-29-26(33)23(35-27(29)34)16-21-17-30(22-9-2-1-3-10-22)28-25(21)20-13-12-18-7-4-5-8-19(18)15-20;1-2(3)4/h1-5,7-10,12-13,15-17H,6,11,14H2,(H,31,32);1H3,(H,3,4)/b23-16-;. The second kappa shape index (κ2) is 12.5. The van der Waals surface area contributed by atoms with Crippen LogP contribution in [0.1, 0.15) is 25.3 Å². The summed E-state index contributed by atoms with van der Waals surface area (Å²) < 4.78 is 2.25. The van der Waals surface area contributed by atoms with Crippen LogP contribution in [0.15, 0.2) is 83.9 Å². The van der Waals surface area contributed by atoms with Gasteiger partial charge in [-0.15, -0.1) is 0 Å². The maximum absolute atomic E-state index is 13.1. The van der Waals surface area contributed by atoms with Gasteiger partial charge >= 0.3 is 5.97 Å². The first-order chi connectivity index (χ1) is 18.7. The molecule has 0 saturated carbocycles. The second-order valence-corrected chi connectivity index (χ2v) is 10.3. The van der Waals surface area contributed by atoms with Crippen LogP contribution in [0.4, 0.5) is 0 Å². The minimum absolute atomic E-state index is 0.00787. The number of amides is 1. The number of thioether (sulfide) groups is 1. The Balaban J connectivity index is 0.000000826. The van der Waals surface area contributed by atoms with E-state index in [1.54, 1.807) is 0 Å². The molecule has 2 heterocycles. The van der Waals surface area contributed by atoms with Crippen molar-refractivity contribution < 1.29 is 24.6 Å². The number of para-hydroxylation sites is 1. The number of thiocarbonyl (C=S) groups is 1. The molecule has 2 N–H and O–H groups in total. The quantitative estimate of drug-likeness (QED) is 0.214. The number of nitrogens with zero attached hydrogens (tertiary/aromatic N) is 3. The third-order valence-electron chi connectivity index (χ3n) is 5.72. The normalized spacial score (nSPS) is 14.0. The minimum Gasteiger partial charge on any atom is -0.481 e. The molecule has 1 fully saturated rings. The van der Waals surface area contributed by atoms with Crippen molar-refractivity contribution in [1.82, 2.24) is 14.7 Å². The fourth-order valence-electron chi connectivity index (χ4n) is 3.99. The van der Waals surface area contributed by atoms with Crippen LogP contribution in [0.2, 0.25) is 0 Å². The third-order valence-corrected chi connectivity index (χ3v) is 7.10. The highest BCUT2D eigenvalue weighted by Crippen LogP contribution is 2.35. The van der Waals surface area contributed by atoms with E-state index in [1.807, 2.05) is 65.5 Å². The summed E-state index contributed by atoms with van der Waals surface area (Å²) in [6.07, 6.45) is 4.08. The van der Waals surface area contributed by atoms with E-state index in [9.17, 15) is 9.59 Å². The number of carboxylic acid groups (broad SMARTS) is 2. The molecule has 1 aromatic heterocycles. The molecule has 0 bridgehead atoms. The molecule has 8 nitrogen and oxygen atoms in total. The largest absolute Gasteiger partial charge is 0.481 e. The van der Waals surface area contributed by atoms with Gasteiger partial charge in [-0.2, -0.15) is 5.10 Å². The summed E-state index contributed by atoms with van der Waals surface area (Å²) >= 11 is 6.64. The Morgan fingerprint density at radius 1 is 1.00 bits per heavy atom. The second-order valence-electron chi connectivity index (χ2n) is 8.62. The molecule has 1 amide bonds. The maximum atomic E-state index is 13.1. The Morgan fingerprint density at radius 2 is 1.67 bits per heavy atom. The summed E-state index contributed by atoms with van der Waals surface area (Å²) in [7, 11) is 0. The van der Waals surface area contributed by atoms with Gasteiger partial charge in [0.05, 0.1) is 10.6 Å². The van der Waals surface area contributed by atoms with E-state index in [-0.39, 0.29) is 18.9 Å². The molecular formula is C29H25N3O5S2. The number of carbonyl (C=O) groups excluding carboxylic acids is 1. The van der Waals surface area contributed by atoms with E-state index in [4.69, 9.17) is 32.3 Å². The highest BCUT2D eigenvalue weighted by molar-refractivity contribution is 8.26. The van der Waals surface area contributed by atoms with E-state index >= 15 is 0 Å². The third kappa shape index (κ3) is 6.98. The molecule has 0 atom stereocenters. The van der Waals surface area contributed by atoms with Gasteiger partial charge in [0.15, 0.2) is 0 Å². The molecule has 1 aliphatic rings. The van der Waals surface area contributed by atoms with Crippen LogP contribution in [-0.2, 0) is 14.4 Å². The Morgan fingerprint density at radius 3 is 2.36 bits per heavy atom. The predicted molar refractivity (Wildman–Crippen MR) is 157 cm³/mol. The van der Waals surface area contributed by atoms with Crippen LogP contribution < -0.4 is 0 Å². The lowest BCUT2D eigenvalue weighted by Crippen LogP contribution is -2.29. The highest BCUT2D eigenvalue weighted by Gasteiger charge is 2.32. The zero-order valence-corrected chi connectivity index (χ0v) is 22.6. The fraction of sp³-hybridized carbons (Fsp3) is 0.138. The van der Waals surface area contributed by atoms with Crippen LogP contribution in [0.3, 0.4) is 0 Å². The summed E-state index contributed by atoms with van der Waals surface area (Å²) in [5.41, 5.74) is 3.42. The smallest absolute Gasteiger partial charge is 0.303 e. The van der Waals surface area contributed by atoms with Gasteiger partial charge in [-0.1, -0.05) is 78.6 Å². The van der Waals surface area contributed by atoms with Crippen molar-refractivity contribution in [2.75, 3.05) is 6.54 Å². The number of rotatable bonds is 7. The molecule has 5 rings (SSSR count). The Kier molecular flexibility index (Phi) is 8.90. The van der Waals surface area contributed by atoms with Crippen LogP contribution in [0.5, 0.6) is 0 Å². The monoisotopic (exact) mass is 559 g/mol. The zero-order valence-electron chi connectivity index (χ0n) is 21.0. The maximum Gasteiger partial charge on any atom is 0.303 e. The van der Waals surface area contributed by atoms with Gasteiger partial charge < -0.3 is 10.2 Å². The van der Waals surface area contributed by atoms with Crippen molar-refractivity contribution >= 4 is 63.0 Å². The van der Waals surface area contributed by atoms with Crippen molar-refractivity contribution in [3.63, 3.8) is 0 Å². The van der Waals surface area contributed by atoms with Crippen molar-refractivity contribution in [1.29, 1.82) is 0 Å². The van der Waals surface area contributed by atoms with Crippen molar-refractivity contribution in [2.45, 2.75) is 19.8 Å². The molecule has 0 radical (unpaired) electrons. The van der Waals surface area contributed by atoms with E-state index in [2.05, 4.69) is 24.3 Å². The van der Waals surface area contributed by atoms with Gasteiger partial charge in [0.25, 0.3) is 11.9 Å². The molecule has 4 aromatic rings. The van der Waals surface area contributed by atoms with Gasteiger partial charge in [0.1, 0.15) is 10.0 Å². The molecule has 1 aliphatic heterocycles. The van der Waals surface area contributed by atoms with E-state index in [0.717, 1.165) is 40.2 Å². The highest BCUT2D eigenvalue weighted by atomic mass is 32.2. The number of carboxylic acids is 2. The first kappa shape index (κ1) is 27.7. The molecule has 3 aromatic carbocycles. The topological polar surface area (TPSA) is 113 Å². The fourth-order valence-corrected chi connectivity index (χ4v) is 5.29. The molecule has 198 valence electrons. The van der Waals surface area contributed by atoms with Crippen LogP contribution in [0.25, 0.3) is 33.8 Å². The van der Waals surface area contributed by atoms with Gasteiger partial charge in [-0.25, -0.2) is 4.68 Å². The molecule has 0 spiro atoms. The Hall–Kier alpha value is -4.28. The summed E-state index contributed by atoms with van der Waals surface area (Å²) in [6, 6.07) is 24.2. The average molecular weight is 560 g/mol.